The van der Waals surface area contributed by atoms with Crippen molar-refractivity contribution in [2.24, 2.45) is 5.73 Å². The molecule has 2 amide bonds. The zero-order valence-electron chi connectivity index (χ0n) is 9.76. The summed E-state index contributed by atoms with van der Waals surface area (Å²) < 4.78 is 0. The molecule has 1 aromatic rings. The van der Waals surface area contributed by atoms with E-state index in [2.05, 4.69) is 10.3 Å². The van der Waals surface area contributed by atoms with Crippen LogP contribution in [0.3, 0.4) is 0 Å². The summed E-state index contributed by atoms with van der Waals surface area (Å²) in [7, 11) is 0. The number of nitrogens with one attached hydrogen (secondary N) is 1. The minimum Gasteiger partial charge on any atom is -0.363 e. The number of hydrogen-bond acceptors (Lipinski definition) is 4. The molecular formula is C12H14N3O3. The first-order valence-corrected chi connectivity index (χ1v) is 5.46. The standard InChI is InChI=1S/C12H14N3O3/c13-12(18)10(16)5-3-7-15-11(17)8-9-4-1-2-6-14-9/h1-2,4,6,8H,3,5,7H2,(H2,13,18)(H,15,17). The lowest BCUT2D eigenvalue weighted by Crippen LogP contribution is -2.27. The molecule has 0 unspecified atom stereocenters. The van der Waals surface area contributed by atoms with E-state index in [1.165, 1.54) is 6.42 Å². The average molecular weight is 248 g/mol. The van der Waals surface area contributed by atoms with Crippen LogP contribution in [0.4, 0.5) is 0 Å². The van der Waals surface area contributed by atoms with Gasteiger partial charge in [-0.15, -0.1) is 0 Å². The number of amides is 2. The first-order valence-electron chi connectivity index (χ1n) is 5.46. The number of carbonyl (C=O) groups excluding carboxylic acids is 3. The van der Waals surface area contributed by atoms with Gasteiger partial charge in [-0.3, -0.25) is 19.4 Å². The molecule has 6 heteroatoms. The second-order valence-corrected chi connectivity index (χ2v) is 3.58. The van der Waals surface area contributed by atoms with E-state index < -0.39 is 11.7 Å². The third-order valence-corrected chi connectivity index (χ3v) is 2.12. The number of aromatic nitrogens is 1. The van der Waals surface area contributed by atoms with Crippen molar-refractivity contribution in [3.8, 4) is 0 Å². The smallest absolute Gasteiger partial charge is 0.284 e. The number of nitrogens with zero attached hydrogens (tertiary/aromatic N) is 1. The Morgan fingerprint density at radius 3 is 2.72 bits per heavy atom. The molecule has 0 bridgehead atoms. The summed E-state index contributed by atoms with van der Waals surface area (Å²) in [6.45, 7) is 0.307. The van der Waals surface area contributed by atoms with Crippen LogP contribution in [-0.2, 0) is 14.4 Å². The molecule has 95 valence electrons. The number of ketones is 1. The molecule has 1 aromatic heterocycles. The molecule has 0 fully saturated rings. The third-order valence-electron chi connectivity index (χ3n) is 2.12. The quantitative estimate of drug-likeness (QED) is 0.505. The van der Waals surface area contributed by atoms with E-state index in [-0.39, 0.29) is 12.3 Å². The summed E-state index contributed by atoms with van der Waals surface area (Å²) >= 11 is 0. The Morgan fingerprint density at radius 2 is 2.11 bits per heavy atom. The predicted molar refractivity (Wildman–Crippen MR) is 64.1 cm³/mol. The van der Waals surface area contributed by atoms with E-state index in [0.29, 0.717) is 18.7 Å². The molecule has 0 aliphatic rings. The van der Waals surface area contributed by atoms with Crippen molar-refractivity contribution in [3.05, 3.63) is 36.5 Å². The van der Waals surface area contributed by atoms with Crippen molar-refractivity contribution >= 4 is 17.6 Å². The molecule has 0 aliphatic carbocycles. The van der Waals surface area contributed by atoms with Gasteiger partial charge in [-0.2, -0.15) is 0 Å². The molecule has 0 spiro atoms. The van der Waals surface area contributed by atoms with Gasteiger partial charge in [0.25, 0.3) is 5.91 Å². The molecule has 3 N–H and O–H groups in total. The van der Waals surface area contributed by atoms with Crippen LogP contribution in [0.2, 0.25) is 0 Å². The van der Waals surface area contributed by atoms with Crippen LogP contribution in [-0.4, -0.2) is 29.1 Å². The summed E-state index contributed by atoms with van der Waals surface area (Å²) in [6, 6.07) is 5.23. The summed E-state index contributed by atoms with van der Waals surface area (Å²) in [4.78, 5) is 36.7. The number of primary amides is 1. The molecule has 0 aromatic carbocycles. The molecule has 6 nitrogen and oxygen atoms in total. The van der Waals surface area contributed by atoms with Crippen LogP contribution in [0.5, 0.6) is 0 Å². The van der Waals surface area contributed by atoms with Gasteiger partial charge in [-0.25, -0.2) is 0 Å². The Labute approximate surface area is 105 Å². The van der Waals surface area contributed by atoms with Crippen molar-refractivity contribution in [1.82, 2.24) is 10.3 Å². The third kappa shape index (κ3) is 5.20. The predicted octanol–water partition coefficient (Wildman–Crippen LogP) is -0.415. The van der Waals surface area contributed by atoms with E-state index >= 15 is 0 Å². The van der Waals surface area contributed by atoms with Gasteiger partial charge in [0, 0.05) is 19.2 Å². The van der Waals surface area contributed by atoms with Crippen molar-refractivity contribution in [3.63, 3.8) is 0 Å². The summed E-state index contributed by atoms with van der Waals surface area (Å²) in [6.07, 6.45) is 3.36. The van der Waals surface area contributed by atoms with Crippen LogP contribution in [0.1, 0.15) is 18.5 Å². The van der Waals surface area contributed by atoms with Crippen LogP contribution < -0.4 is 11.1 Å². The fourth-order valence-electron chi connectivity index (χ4n) is 1.23. The monoisotopic (exact) mass is 248 g/mol. The molecular weight excluding hydrogens is 234 g/mol. The van der Waals surface area contributed by atoms with Gasteiger partial charge in [0.15, 0.2) is 0 Å². The maximum absolute atomic E-state index is 11.4. The second-order valence-electron chi connectivity index (χ2n) is 3.58. The topological polar surface area (TPSA) is 102 Å². The fraction of sp³-hybridized carbons (Fsp3) is 0.250. The summed E-state index contributed by atoms with van der Waals surface area (Å²) in [5, 5.41) is 2.59. The minimum absolute atomic E-state index is 0.0409. The minimum atomic E-state index is -0.943. The second kappa shape index (κ2) is 7.16. The van der Waals surface area contributed by atoms with Crippen LogP contribution in [0.15, 0.2) is 24.4 Å². The highest BCUT2D eigenvalue weighted by molar-refractivity contribution is 6.35. The first-order chi connectivity index (χ1) is 8.59. The SMILES string of the molecule is NC(=O)C(=O)CCCNC(=O)[CH]c1ccccn1. The molecule has 0 atom stereocenters. The van der Waals surface area contributed by atoms with E-state index in [0.717, 1.165) is 0 Å². The molecule has 1 radical (unpaired) electrons. The number of nitrogens with two attached hydrogens (primary N) is 1. The molecule has 0 saturated heterocycles. The lowest BCUT2D eigenvalue weighted by Gasteiger charge is -2.03. The van der Waals surface area contributed by atoms with Crippen LogP contribution >= 0.6 is 0 Å². The Balaban J connectivity index is 2.18. The van der Waals surface area contributed by atoms with Gasteiger partial charge in [0.2, 0.25) is 11.7 Å². The first kappa shape index (κ1) is 13.8. The van der Waals surface area contributed by atoms with Crippen molar-refractivity contribution in [2.45, 2.75) is 12.8 Å². The molecule has 1 heterocycles. The maximum Gasteiger partial charge on any atom is 0.284 e. The number of carbonyl (C=O) groups is 3. The summed E-state index contributed by atoms with van der Waals surface area (Å²) in [5.41, 5.74) is 5.35. The van der Waals surface area contributed by atoms with Crippen molar-refractivity contribution in [1.29, 1.82) is 0 Å². The number of hydrogen-bond donors (Lipinski definition) is 2. The van der Waals surface area contributed by atoms with Crippen molar-refractivity contribution < 1.29 is 14.4 Å². The van der Waals surface area contributed by atoms with Crippen LogP contribution in [0, 0.1) is 6.42 Å². The summed E-state index contributed by atoms with van der Waals surface area (Å²) in [5.74, 6) is -1.86. The Morgan fingerprint density at radius 1 is 1.33 bits per heavy atom. The van der Waals surface area contributed by atoms with E-state index in [9.17, 15) is 14.4 Å². The lowest BCUT2D eigenvalue weighted by molar-refractivity contribution is -0.136. The Kier molecular flexibility index (Phi) is 5.50. The number of pyridine rings is 1. The van der Waals surface area contributed by atoms with E-state index in [4.69, 9.17) is 5.73 Å². The van der Waals surface area contributed by atoms with Gasteiger partial charge >= 0.3 is 0 Å². The highest BCUT2D eigenvalue weighted by Gasteiger charge is 2.08. The number of rotatable bonds is 7. The zero-order chi connectivity index (χ0) is 13.4. The average Bonchev–Trinajstić information content (AvgIpc) is 2.35. The normalized spacial score (nSPS) is 9.78. The molecule has 0 saturated carbocycles. The van der Waals surface area contributed by atoms with Crippen molar-refractivity contribution in [2.75, 3.05) is 6.54 Å². The Hall–Kier alpha value is -2.24. The Bertz CT molecular complexity index is 431. The molecule has 0 aliphatic heterocycles. The van der Waals surface area contributed by atoms with E-state index in [1.54, 1.807) is 24.4 Å². The fourth-order valence-corrected chi connectivity index (χ4v) is 1.23. The van der Waals surface area contributed by atoms with Gasteiger partial charge in [-0.05, 0) is 18.6 Å². The maximum atomic E-state index is 11.4. The van der Waals surface area contributed by atoms with Gasteiger partial charge in [0.05, 0.1) is 12.1 Å². The number of Topliss-reactive ketones (excluding diaryl/α,β-unsaturated/α-hetero) is 1. The van der Waals surface area contributed by atoms with Gasteiger partial charge in [0.1, 0.15) is 0 Å². The van der Waals surface area contributed by atoms with Gasteiger partial charge < -0.3 is 11.1 Å². The van der Waals surface area contributed by atoms with Crippen LogP contribution in [0.25, 0.3) is 0 Å². The molecule has 18 heavy (non-hydrogen) atoms. The largest absolute Gasteiger partial charge is 0.363 e. The highest BCUT2D eigenvalue weighted by Crippen LogP contribution is 1.97. The van der Waals surface area contributed by atoms with E-state index in [1.807, 2.05) is 0 Å². The lowest BCUT2D eigenvalue weighted by atomic mass is 10.2. The highest BCUT2D eigenvalue weighted by atomic mass is 16.2. The van der Waals surface area contributed by atoms with Gasteiger partial charge in [-0.1, -0.05) is 6.07 Å². The zero-order valence-corrected chi connectivity index (χ0v) is 9.76. The molecule has 1 rings (SSSR count).